The Hall–Kier alpha value is -3.16. The summed E-state index contributed by atoms with van der Waals surface area (Å²) in [5.74, 6) is 0.315. The van der Waals surface area contributed by atoms with Crippen LogP contribution in [0.3, 0.4) is 0 Å². The minimum atomic E-state index is -0.521. The molecule has 1 saturated heterocycles. The van der Waals surface area contributed by atoms with E-state index in [-0.39, 0.29) is 17.8 Å². The molecule has 4 rings (SSSR count). The first-order chi connectivity index (χ1) is 14.1. The number of carbonyl (C=O) groups excluding carboxylic acids is 1. The zero-order valence-electron chi connectivity index (χ0n) is 17.9. The Labute approximate surface area is 174 Å². The number of anilines is 2. The SMILES string of the molecule is Cc1nc(Nc2ccc(C3CN(C(=O)OC(C)(C)C)C3)cc2F)cc2c1ncn2C. The summed E-state index contributed by atoms with van der Waals surface area (Å²) in [5, 5.41) is 3.07. The van der Waals surface area contributed by atoms with Crippen LogP contribution in [0.15, 0.2) is 30.6 Å². The Morgan fingerprint density at radius 3 is 2.67 bits per heavy atom. The van der Waals surface area contributed by atoms with Crippen molar-refractivity contribution in [2.75, 3.05) is 18.4 Å². The van der Waals surface area contributed by atoms with Gasteiger partial charge in [-0.1, -0.05) is 6.07 Å². The van der Waals surface area contributed by atoms with Crippen molar-refractivity contribution >= 4 is 28.6 Å². The van der Waals surface area contributed by atoms with Crippen LogP contribution in [0.2, 0.25) is 0 Å². The second-order valence-corrected chi connectivity index (χ2v) is 8.76. The summed E-state index contributed by atoms with van der Waals surface area (Å²) >= 11 is 0. The van der Waals surface area contributed by atoms with E-state index in [1.54, 1.807) is 17.3 Å². The molecule has 2 aromatic heterocycles. The van der Waals surface area contributed by atoms with Crippen molar-refractivity contribution in [3.63, 3.8) is 0 Å². The van der Waals surface area contributed by atoms with Crippen molar-refractivity contribution in [1.82, 2.24) is 19.4 Å². The van der Waals surface area contributed by atoms with E-state index < -0.39 is 5.60 Å². The molecule has 0 unspecified atom stereocenters. The summed E-state index contributed by atoms with van der Waals surface area (Å²) in [6.07, 6.45) is 1.40. The maximum absolute atomic E-state index is 14.8. The van der Waals surface area contributed by atoms with Crippen LogP contribution >= 0.6 is 0 Å². The van der Waals surface area contributed by atoms with Crippen molar-refractivity contribution in [2.45, 2.75) is 39.2 Å². The van der Waals surface area contributed by atoms with E-state index in [0.29, 0.717) is 24.6 Å². The maximum atomic E-state index is 14.8. The average molecular weight is 411 g/mol. The number of carbonyl (C=O) groups is 1. The predicted molar refractivity (Wildman–Crippen MR) is 113 cm³/mol. The van der Waals surface area contributed by atoms with Gasteiger partial charge in [-0.3, -0.25) is 0 Å². The van der Waals surface area contributed by atoms with E-state index in [9.17, 15) is 9.18 Å². The van der Waals surface area contributed by atoms with Gasteiger partial charge >= 0.3 is 6.09 Å². The van der Waals surface area contributed by atoms with E-state index in [4.69, 9.17) is 4.74 Å². The number of aryl methyl sites for hydroxylation is 2. The molecule has 1 amide bonds. The molecule has 0 saturated carbocycles. The number of benzene rings is 1. The largest absolute Gasteiger partial charge is 0.444 e. The quantitative estimate of drug-likeness (QED) is 0.687. The van der Waals surface area contributed by atoms with Gasteiger partial charge in [0.25, 0.3) is 0 Å². The molecule has 1 fully saturated rings. The number of imidazole rings is 1. The third-order valence-corrected chi connectivity index (χ3v) is 5.15. The van der Waals surface area contributed by atoms with E-state index in [0.717, 1.165) is 22.3 Å². The summed E-state index contributed by atoms with van der Waals surface area (Å²) in [6.45, 7) is 8.45. The van der Waals surface area contributed by atoms with Crippen molar-refractivity contribution in [1.29, 1.82) is 0 Å². The second kappa shape index (κ2) is 7.27. The van der Waals surface area contributed by atoms with E-state index in [1.807, 2.05) is 51.4 Å². The molecule has 0 bridgehead atoms. The van der Waals surface area contributed by atoms with Crippen LogP contribution in [0.4, 0.5) is 20.7 Å². The third kappa shape index (κ3) is 3.94. The molecule has 0 aliphatic carbocycles. The highest BCUT2D eigenvalue weighted by Gasteiger charge is 2.34. The fourth-order valence-corrected chi connectivity index (χ4v) is 3.54. The lowest BCUT2D eigenvalue weighted by atomic mass is 9.91. The van der Waals surface area contributed by atoms with Crippen molar-refractivity contribution in [2.24, 2.45) is 7.05 Å². The summed E-state index contributed by atoms with van der Waals surface area (Å²) < 4.78 is 22.0. The van der Waals surface area contributed by atoms with Gasteiger partial charge in [-0.25, -0.2) is 19.2 Å². The topological polar surface area (TPSA) is 72.3 Å². The molecule has 7 nitrogen and oxygen atoms in total. The number of hydrogen-bond donors (Lipinski definition) is 1. The minimum Gasteiger partial charge on any atom is -0.444 e. The number of pyridine rings is 1. The Morgan fingerprint density at radius 2 is 2.00 bits per heavy atom. The number of rotatable bonds is 3. The van der Waals surface area contributed by atoms with Gasteiger partial charge in [-0.05, 0) is 45.4 Å². The molecule has 1 aliphatic rings. The molecule has 30 heavy (non-hydrogen) atoms. The van der Waals surface area contributed by atoms with E-state index in [2.05, 4.69) is 15.3 Å². The Morgan fingerprint density at radius 1 is 1.27 bits per heavy atom. The molecule has 0 spiro atoms. The summed E-state index contributed by atoms with van der Waals surface area (Å²) in [6, 6.07) is 6.98. The van der Waals surface area contributed by atoms with Crippen LogP contribution < -0.4 is 5.32 Å². The highest BCUT2D eigenvalue weighted by molar-refractivity contribution is 5.81. The number of nitrogens with zero attached hydrogens (tertiary/aromatic N) is 4. The first-order valence-electron chi connectivity index (χ1n) is 9.94. The Bertz CT molecular complexity index is 1110. The van der Waals surface area contributed by atoms with Crippen molar-refractivity contribution < 1.29 is 13.9 Å². The van der Waals surface area contributed by atoms with Crippen LogP contribution in [0.25, 0.3) is 11.0 Å². The average Bonchev–Trinajstić information content (AvgIpc) is 2.96. The number of hydrogen-bond acceptors (Lipinski definition) is 5. The lowest BCUT2D eigenvalue weighted by Crippen LogP contribution is -2.50. The number of likely N-dealkylation sites (tertiary alicyclic amines) is 1. The summed E-state index contributed by atoms with van der Waals surface area (Å²) in [7, 11) is 1.91. The van der Waals surface area contributed by atoms with Gasteiger partial charge in [0.1, 0.15) is 22.8 Å². The molecular formula is C22H26FN5O2. The van der Waals surface area contributed by atoms with Crippen LogP contribution in [0, 0.1) is 12.7 Å². The molecule has 1 N–H and O–H groups in total. The summed E-state index contributed by atoms with van der Waals surface area (Å²) in [5.41, 5.74) is 3.24. The number of aromatic nitrogens is 3. The maximum Gasteiger partial charge on any atom is 0.410 e. The predicted octanol–water partition coefficient (Wildman–Crippen LogP) is 4.49. The van der Waals surface area contributed by atoms with Gasteiger partial charge in [0.05, 0.1) is 23.2 Å². The zero-order valence-corrected chi connectivity index (χ0v) is 17.9. The molecule has 1 aromatic carbocycles. The molecular weight excluding hydrogens is 385 g/mol. The van der Waals surface area contributed by atoms with Gasteiger partial charge < -0.3 is 19.5 Å². The normalized spacial score (nSPS) is 14.7. The highest BCUT2D eigenvalue weighted by atomic mass is 19.1. The van der Waals surface area contributed by atoms with Gasteiger partial charge in [0, 0.05) is 32.1 Å². The molecule has 3 aromatic rings. The van der Waals surface area contributed by atoms with E-state index in [1.165, 1.54) is 6.07 Å². The van der Waals surface area contributed by atoms with Crippen LogP contribution in [0.1, 0.15) is 37.9 Å². The number of fused-ring (bicyclic) bond motifs is 1. The minimum absolute atomic E-state index is 0.104. The lowest BCUT2D eigenvalue weighted by molar-refractivity contribution is 0.00818. The van der Waals surface area contributed by atoms with Gasteiger partial charge in [0.15, 0.2) is 0 Å². The highest BCUT2D eigenvalue weighted by Crippen LogP contribution is 2.31. The first kappa shape index (κ1) is 20.1. The van der Waals surface area contributed by atoms with E-state index >= 15 is 0 Å². The molecule has 1 aliphatic heterocycles. The van der Waals surface area contributed by atoms with Gasteiger partial charge in [-0.15, -0.1) is 0 Å². The molecule has 158 valence electrons. The standard InChI is InChI=1S/C22H26FN5O2/c1-13-20-18(27(5)12-24-20)9-19(25-13)26-17-7-6-14(8-16(17)23)15-10-28(11-15)21(29)30-22(2,3)4/h6-9,12,15H,10-11H2,1-5H3,(H,25,26). The summed E-state index contributed by atoms with van der Waals surface area (Å²) in [4.78, 5) is 22.5. The van der Waals surface area contributed by atoms with Crippen LogP contribution in [0.5, 0.6) is 0 Å². The van der Waals surface area contributed by atoms with Crippen molar-refractivity contribution in [3.05, 3.63) is 47.7 Å². The molecule has 3 heterocycles. The molecule has 0 atom stereocenters. The van der Waals surface area contributed by atoms with Gasteiger partial charge in [0.2, 0.25) is 0 Å². The number of halogens is 1. The Kier molecular flexibility index (Phi) is 4.88. The fourth-order valence-electron chi connectivity index (χ4n) is 3.54. The first-order valence-corrected chi connectivity index (χ1v) is 9.94. The number of ether oxygens (including phenoxy) is 1. The smallest absolute Gasteiger partial charge is 0.410 e. The van der Waals surface area contributed by atoms with Crippen LogP contribution in [-0.2, 0) is 11.8 Å². The van der Waals surface area contributed by atoms with Crippen LogP contribution in [-0.4, -0.2) is 44.2 Å². The van der Waals surface area contributed by atoms with Crippen molar-refractivity contribution in [3.8, 4) is 0 Å². The van der Waals surface area contributed by atoms with Gasteiger partial charge in [-0.2, -0.15) is 0 Å². The monoisotopic (exact) mass is 411 g/mol. The third-order valence-electron chi connectivity index (χ3n) is 5.15. The Balaban J connectivity index is 1.45. The fraction of sp³-hybridized carbons (Fsp3) is 0.409. The molecule has 8 heteroatoms. The zero-order chi connectivity index (χ0) is 21.6. The number of amides is 1. The number of nitrogens with one attached hydrogen (secondary N) is 1. The molecule has 0 radical (unpaired) electrons. The second-order valence-electron chi connectivity index (χ2n) is 8.76. The lowest BCUT2D eigenvalue weighted by Gasteiger charge is -2.40.